The van der Waals surface area contributed by atoms with Crippen LogP contribution in [0.1, 0.15) is 53.4 Å². The lowest BCUT2D eigenvalue weighted by Gasteiger charge is -2.22. The summed E-state index contributed by atoms with van der Waals surface area (Å²) in [4.78, 5) is 0. The van der Waals surface area contributed by atoms with E-state index in [1.165, 1.54) is 11.1 Å². The highest BCUT2D eigenvalue weighted by Gasteiger charge is 2.15. The Kier molecular flexibility index (Phi) is 10.8. The first kappa shape index (κ1) is 18.7. The summed E-state index contributed by atoms with van der Waals surface area (Å²) in [5, 5.41) is 0. The van der Waals surface area contributed by atoms with Crippen molar-refractivity contribution in [1.82, 2.24) is 0 Å². The zero-order valence-electron chi connectivity index (χ0n) is 13.9. The lowest BCUT2D eigenvalue weighted by atomic mass is 9.83. The van der Waals surface area contributed by atoms with Gasteiger partial charge in [0.25, 0.3) is 0 Å². The first-order valence-corrected chi connectivity index (χ1v) is 7.82. The third kappa shape index (κ3) is 7.99. The van der Waals surface area contributed by atoms with E-state index in [4.69, 9.17) is 0 Å². The molecule has 0 fully saturated rings. The second kappa shape index (κ2) is 11.5. The van der Waals surface area contributed by atoms with E-state index < -0.39 is 0 Å². The van der Waals surface area contributed by atoms with E-state index in [9.17, 15) is 0 Å². The fraction of sp³-hybridized carbons (Fsp3) is 0.500. The van der Waals surface area contributed by atoms with Crippen LogP contribution in [-0.2, 0) is 0 Å². The first-order chi connectivity index (χ1) is 9.56. The van der Waals surface area contributed by atoms with Gasteiger partial charge in [-0.3, -0.25) is 0 Å². The van der Waals surface area contributed by atoms with Gasteiger partial charge in [-0.05, 0) is 51.4 Å². The number of hydrogen-bond donors (Lipinski definition) is 0. The molecule has 20 heavy (non-hydrogen) atoms. The summed E-state index contributed by atoms with van der Waals surface area (Å²) in [7, 11) is 0. The van der Waals surface area contributed by atoms with E-state index in [-0.39, 0.29) is 0 Å². The highest BCUT2D eigenvalue weighted by molar-refractivity contribution is 5.19. The molecular weight excluding hydrogens is 240 g/mol. The van der Waals surface area contributed by atoms with Crippen LogP contribution in [-0.4, -0.2) is 0 Å². The normalized spacial score (nSPS) is 15.2. The van der Waals surface area contributed by atoms with Crippen molar-refractivity contribution in [2.45, 2.75) is 53.4 Å². The van der Waals surface area contributed by atoms with Crippen LogP contribution in [0.25, 0.3) is 0 Å². The Hall–Kier alpha value is -1.30. The summed E-state index contributed by atoms with van der Waals surface area (Å²) in [5.41, 5.74) is 2.56. The summed E-state index contributed by atoms with van der Waals surface area (Å²) < 4.78 is 0. The molecule has 0 aromatic rings. The third-order valence-electron chi connectivity index (χ3n) is 3.68. The van der Waals surface area contributed by atoms with Crippen LogP contribution in [0.2, 0.25) is 0 Å². The van der Waals surface area contributed by atoms with Gasteiger partial charge >= 0.3 is 0 Å². The Morgan fingerprint density at radius 1 is 1.05 bits per heavy atom. The second-order valence-corrected chi connectivity index (χ2v) is 5.46. The molecule has 0 bridgehead atoms. The predicted octanol–water partition coefficient (Wildman–Crippen LogP) is 6.64. The zero-order valence-corrected chi connectivity index (χ0v) is 13.9. The Balaban J connectivity index is 4.65. The van der Waals surface area contributed by atoms with Crippen molar-refractivity contribution in [3.63, 3.8) is 0 Å². The minimum absolute atomic E-state index is 0.520. The standard InChI is InChI=1S/C20H32/c1-7-10-12-15-20(18(5)13-9-3)16-19(6)17(4)14-11-8-2/h8-13,19-20H,4-5,7,14-16H2,1-3,6H3. The quantitative estimate of drug-likeness (QED) is 0.309. The van der Waals surface area contributed by atoms with Crippen LogP contribution in [0.5, 0.6) is 0 Å². The molecule has 0 radical (unpaired) electrons. The Morgan fingerprint density at radius 3 is 2.30 bits per heavy atom. The molecule has 0 spiro atoms. The van der Waals surface area contributed by atoms with Crippen LogP contribution in [0.4, 0.5) is 0 Å². The maximum absolute atomic E-state index is 4.23. The van der Waals surface area contributed by atoms with E-state index in [1.807, 2.05) is 0 Å². The molecule has 0 aromatic carbocycles. The van der Waals surface area contributed by atoms with Crippen LogP contribution in [0, 0.1) is 11.8 Å². The van der Waals surface area contributed by atoms with E-state index in [2.05, 4.69) is 77.3 Å². The smallest absolute Gasteiger partial charge is 0.0128 e. The maximum Gasteiger partial charge on any atom is -0.0128 e. The van der Waals surface area contributed by atoms with Gasteiger partial charge in [0.2, 0.25) is 0 Å². The molecule has 0 nitrogen and oxygen atoms in total. The van der Waals surface area contributed by atoms with Gasteiger partial charge < -0.3 is 0 Å². The average Bonchev–Trinajstić information content (AvgIpc) is 2.43. The monoisotopic (exact) mass is 272 g/mol. The summed E-state index contributed by atoms with van der Waals surface area (Å²) in [5.74, 6) is 1.06. The van der Waals surface area contributed by atoms with Crippen molar-refractivity contribution in [1.29, 1.82) is 0 Å². The highest BCUT2D eigenvalue weighted by Crippen LogP contribution is 2.28. The highest BCUT2D eigenvalue weighted by atomic mass is 14.2. The molecule has 0 saturated carbocycles. The van der Waals surface area contributed by atoms with Crippen molar-refractivity contribution < 1.29 is 0 Å². The van der Waals surface area contributed by atoms with Gasteiger partial charge in [-0.15, -0.1) is 0 Å². The molecular formula is C20H32. The molecule has 0 aliphatic carbocycles. The van der Waals surface area contributed by atoms with Gasteiger partial charge in [-0.2, -0.15) is 0 Å². The number of hydrogen-bond acceptors (Lipinski definition) is 0. The maximum atomic E-state index is 4.23. The van der Waals surface area contributed by atoms with Crippen LogP contribution in [0.3, 0.4) is 0 Å². The van der Waals surface area contributed by atoms with Gasteiger partial charge in [0, 0.05) is 0 Å². The molecule has 2 unspecified atom stereocenters. The predicted molar refractivity (Wildman–Crippen MR) is 93.8 cm³/mol. The summed E-state index contributed by atoms with van der Waals surface area (Å²) in [6, 6.07) is 0. The minimum Gasteiger partial charge on any atom is -0.0993 e. The Labute approximate surface area is 126 Å². The molecule has 0 rings (SSSR count). The molecule has 112 valence electrons. The molecule has 0 aromatic heterocycles. The van der Waals surface area contributed by atoms with Crippen LogP contribution >= 0.6 is 0 Å². The zero-order chi connectivity index (χ0) is 15.4. The molecule has 0 N–H and O–H groups in total. The minimum atomic E-state index is 0.520. The number of rotatable bonds is 10. The molecule has 0 heterocycles. The van der Waals surface area contributed by atoms with Gasteiger partial charge in [0.05, 0.1) is 0 Å². The van der Waals surface area contributed by atoms with E-state index in [0.717, 1.165) is 25.7 Å². The topological polar surface area (TPSA) is 0 Å². The van der Waals surface area contributed by atoms with Crippen LogP contribution in [0.15, 0.2) is 60.8 Å². The molecule has 0 aliphatic rings. The van der Waals surface area contributed by atoms with E-state index >= 15 is 0 Å². The van der Waals surface area contributed by atoms with Crippen molar-refractivity contribution in [2.75, 3.05) is 0 Å². The van der Waals surface area contributed by atoms with Crippen molar-refractivity contribution >= 4 is 0 Å². The van der Waals surface area contributed by atoms with Gasteiger partial charge in [-0.25, -0.2) is 0 Å². The summed E-state index contributed by atoms with van der Waals surface area (Å²) >= 11 is 0. The van der Waals surface area contributed by atoms with Crippen molar-refractivity contribution in [2.24, 2.45) is 11.8 Å². The summed E-state index contributed by atoms with van der Waals surface area (Å²) in [6.07, 6.45) is 17.4. The van der Waals surface area contributed by atoms with Gasteiger partial charge in [0.1, 0.15) is 0 Å². The SMILES string of the molecule is C=C(CC=CC)C(C)CC(CC=CCC)C(=C)C=CC. The van der Waals surface area contributed by atoms with Gasteiger partial charge in [0.15, 0.2) is 0 Å². The van der Waals surface area contributed by atoms with E-state index in [0.29, 0.717) is 11.8 Å². The van der Waals surface area contributed by atoms with E-state index in [1.54, 1.807) is 0 Å². The van der Waals surface area contributed by atoms with Crippen LogP contribution < -0.4 is 0 Å². The fourth-order valence-electron chi connectivity index (χ4n) is 2.24. The van der Waals surface area contributed by atoms with Crippen molar-refractivity contribution in [3.05, 3.63) is 60.8 Å². The first-order valence-electron chi connectivity index (χ1n) is 7.82. The molecule has 0 saturated heterocycles. The molecule has 0 heteroatoms. The second-order valence-electron chi connectivity index (χ2n) is 5.46. The van der Waals surface area contributed by atoms with Crippen molar-refractivity contribution in [3.8, 4) is 0 Å². The average molecular weight is 272 g/mol. The lowest BCUT2D eigenvalue weighted by Crippen LogP contribution is -2.09. The third-order valence-corrected chi connectivity index (χ3v) is 3.68. The molecule has 0 amide bonds. The summed E-state index contributed by atoms with van der Waals surface area (Å²) in [6.45, 7) is 17.0. The lowest BCUT2D eigenvalue weighted by molar-refractivity contribution is 0.480. The van der Waals surface area contributed by atoms with Gasteiger partial charge in [-0.1, -0.05) is 74.6 Å². The molecule has 0 aliphatic heterocycles. The Morgan fingerprint density at radius 2 is 1.75 bits per heavy atom. The Bertz CT molecular complexity index is 365. The molecule has 2 atom stereocenters. The largest absolute Gasteiger partial charge is 0.0993 e. The fourth-order valence-corrected chi connectivity index (χ4v) is 2.24. The number of allylic oxidation sites excluding steroid dienone is 8.